The van der Waals surface area contributed by atoms with Gasteiger partial charge in [0.25, 0.3) is 6.43 Å². The van der Waals surface area contributed by atoms with Crippen molar-refractivity contribution < 1.29 is 8.78 Å². The smallest absolute Gasteiger partial charge is 0.278 e. The fraction of sp³-hybridized carbons (Fsp3) is 0.409. The largest absolute Gasteiger partial charge is 0.317 e. The molecule has 1 fully saturated rings. The summed E-state index contributed by atoms with van der Waals surface area (Å²) in [4.78, 5) is 4.59. The Morgan fingerprint density at radius 2 is 2.00 bits per heavy atom. The number of hydrogen-bond donors (Lipinski definition) is 1. The van der Waals surface area contributed by atoms with E-state index in [1.165, 1.54) is 11.3 Å². The molecule has 0 unspecified atom stereocenters. The number of benzene rings is 1. The Balaban J connectivity index is 1.47. The lowest BCUT2D eigenvalue weighted by atomic mass is 10.1. The molecule has 1 aromatic carbocycles. The normalized spacial score (nSPS) is 17.2. The van der Waals surface area contributed by atoms with E-state index in [9.17, 15) is 8.78 Å². The quantitative estimate of drug-likeness (QED) is 0.653. The number of piperidine rings is 1. The minimum Gasteiger partial charge on any atom is -0.317 e. The fourth-order valence-electron chi connectivity index (χ4n) is 3.54. The van der Waals surface area contributed by atoms with E-state index in [1.54, 1.807) is 6.20 Å². The summed E-state index contributed by atoms with van der Waals surface area (Å²) in [5.74, 6) is 0. The van der Waals surface area contributed by atoms with Crippen molar-refractivity contribution in [3.05, 3.63) is 59.4 Å². The van der Waals surface area contributed by atoms with Gasteiger partial charge in [-0.1, -0.05) is 12.1 Å². The number of nitrogens with zero attached hydrogens (tertiary/aromatic N) is 4. The van der Waals surface area contributed by atoms with Gasteiger partial charge in [-0.05, 0) is 74.6 Å². The number of halogens is 2. The molecule has 4 rings (SSSR count). The van der Waals surface area contributed by atoms with Gasteiger partial charge in [-0.3, -0.25) is 4.98 Å². The SMILES string of the molecule is Cc1cccc(N(Cc2ccc(C3=NN=C(C(F)F)C3)cn2)SC2CCNCC2)c1. The first-order valence-electron chi connectivity index (χ1n) is 10.2. The molecule has 0 spiro atoms. The summed E-state index contributed by atoms with van der Waals surface area (Å²) in [7, 11) is 0. The maximum absolute atomic E-state index is 12.8. The molecule has 0 radical (unpaired) electrons. The maximum Gasteiger partial charge on any atom is 0.278 e. The van der Waals surface area contributed by atoms with Crippen molar-refractivity contribution in [1.82, 2.24) is 10.3 Å². The van der Waals surface area contributed by atoms with Crippen LogP contribution in [0.3, 0.4) is 0 Å². The molecule has 0 bridgehead atoms. The molecule has 1 aromatic heterocycles. The van der Waals surface area contributed by atoms with Gasteiger partial charge in [0.05, 0.1) is 18.0 Å². The highest BCUT2D eigenvalue weighted by Gasteiger charge is 2.23. The summed E-state index contributed by atoms with van der Waals surface area (Å²) in [5.41, 5.74) is 4.42. The molecule has 158 valence electrons. The van der Waals surface area contributed by atoms with Crippen LogP contribution < -0.4 is 9.62 Å². The van der Waals surface area contributed by atoms with Gasteiger partial charge in [-0.25, -0.2) is 8.78 Å². The lowest BCUT2D eigenvalue weighted by molar-refractivity contribution is 0.224. The van der Waals surface area contributed by atoms with E-state index in [1.807, 2.05) is 24.1 Å². The molecule has 2 aliphatic rings. The summed E-state index contributed by atoms with van der Waals surface area (Å²) < 4.78 is 27.9. The van der Waals surface area contributed by atoms with E-state index < -0.39 is 6.43 Å². The zero-order valence-corrected chi connectivity index (χ0v) is 17.7. The van der Waals surface area contributed by atoms with Crippen molar-refractivity contribution in [1.29, 1.82) is 0 Å². The molecule has 0 saturated carbocycles. The second-order valence-corrected chi connectivity index (χ2v) is 8.90. The van der Waals surface area contributed by atoms with E-state index >= 15 is 0 Å². The number of rotatable bonds is 7. The minimum atomic E-state index is -2.56. The predicted octanol–water partition coefficient (Wildman–Crippen LogP) is 4.61. The number of hydrogen-bond acceptors (Lipinski definition) is 6. The van der Waals surface area contributed by atoms with Crippen LogP contribution in [-0.2, 0) is 6.54 Å². The monoisotopic (exact) mass is 429 g/mol. The maximum atomic E-state index is 12.8. The molecule has 0 atom stereocenters. The summed E-state index contributed by atoms with van der Waals surface area (Å²) >= 11 is 1.88. The molecule has 2 aromatic rings. The van der Waals surface area contributed by atoms with E-state index in [4.69, 9.17) is 0 Å². The van der Waals surface area contributed by atoms with E-state index in [2.05, 4.69) is 56.0 Å². The van der Waals surface area contributed by atoms with Crippen LogP contribution >= 0.6 is 11.9 Å². The molecule has 30 heavy (non-hydrogen) atoms. The van der Waals surface area contributed by atoms with Gasteiger partial charge >= 0.3 is 0 Å². The van der Waals surface area contributed by atoms with Crippen molar-refractivity contribution >= 4 is 29.1 Å². The van der Waals surface area contributed by atoms with Crippen molar-refractivity contribution in [2.24, 2.45) is 10.2 Å². The lowest BCUT2D eigenvalue weighted by Gasteiger charge is -2.30. The van der Waals surface area contributed by atoms with Crippen LogP contribution in [-0.4, -0.2) is 41.2 Å². The number of anilines is 1. The molecule has 1 N–H and O–H groups in total. The topological polar surface area (TPSA) is 52.9 Å². The zero-order valence-electron chi connectivity index (χ0n) is 16.9. The average Bonchev–Trinajstić information content (AvgIpc) is 3.25. The molecule has 5 nitrogen and oxygen atoms in total. The summed E-state index contributed by atoms with van der Waals surface area (Å²) in [6, 6.07) is 12.3. The third kappa shape index (κ3) is 5.23. The van der Waals surface area contributed by atoms with E-state index in [0.29, 0.717) is 17.5 Å². The Kier molecular flexibility index (Phi) is 6.74. The second-order valence-electron chi connectivity index (χ2n) is 7.58. The van der Waals surface area contributed by atoms with E-state index in [0.717, 1.165) is 37.2 Å². The van der Waals surface area contributed by atoms with Crippen molar-refractivity contribution in [2.45, 2.75) is 44.4 Å². The molecule has 0 aliphatic carbocycles. The standard InChI is InChI=1S/C22H25F2N5S/c1-15-3-2-4-18(11-15)29(30-19-7-9-25-10-8-19)14-17-6-5-16(13-26-17)20-12-21(22(23)24)28-27-20/h2-6,11,13,19,22,25H,7-10,12,14H2,1H3. The van der Waals surface area contributed by atoms with Crippen LogP contribution in [0.5, 0.6) is 0 Å². The second kappa shape index (κ2) is 9.66. The highest BCUT2D eigenvalue weighted by molar-refractivity contribution is 8.01. The molecule has 3 heterocycles. The lowest BCUT2D eigenvalue weighted by Crippen LogP contribution is -2.31. The Labute approximate surface area is 179 Å². The highest BCUT2D eigenvalue weighted by Crippen LogP contribution is 2.31. The third-order valence-corrected chi connectivity index (χ3v) is 6.58. The summed E-state index contributed by atoms with van der Waals surface area (Å²) in [6.45, 7) is 4.87. The fourth-order valence-corrected chi connectivity index (χ4v) is 4.79. The Morgan fingerprint density at radius 3 is 2.67 bits per heavy atom. The highest BCUT2D eigenvalue weighted by atomic mass is 32.2. The van der Waals surface area contributed by atoms with E-state index in [-0.39, 0.29) is 12.1 Å². The van der Waals surface area contributed by atoms with Crippen molar-refractivity contribution in [3.63, 3.8) is 0 Å². The Morgan fingerprint density at radius 1 is 1.17 bits per heavy atom. The predicted molar refractivity (Wildman–Crippen MR) is 120 cm³/mol. The molecular weight excluding hydrogens is 404 g/mol. The number of pyridine rings is 1. The Hall–Kier alpha value is -2.32. The third-order valence-electron chi connectivity index (χ3n) is 5.22. The van der Waals surface area contributed by atoms with Gasteiger partial charge < -0.3 is 9.62 Å². The molecular formula is C22H25F2N5S. The minimum absolute atomic E-state index is 0.0830. The van der Waals surface area contributed by atoms with Crippen molar-refractivity contribution in [2.75, 3.05) is 17.4 Å². The summed E-state index contributed by atoms with van der Waals surface area (Å²) in [6.07, 6.45) is 1.52. The van der Waals surface area contributed by atoms with Gasteiger partial charge in [0.2, 0.25) is 0 Å². The zero-order chi connectivity index (χ0) is 20.9. The number of aromatic nitrogens is 1. The first kappa shape index (κ1) is 20.9. The summed E-state index contributed by atoms with van der Waals surface area (Å²) in [5, 5.41) is 11.5. The van der Waals surface area contributed by atoms with Gasteiger partial charge in [0, 0.05) is 29.1 Å². The van der Waals surface area contributed by atoms with Crippen LogP contribution in [0.15, 0.2) is 52.8 Å². The van der Waals surface area contributed by atoms with Crippen LogP contribution in [0.1, 0.15) is 36.1 Å². The Bertz CT molecular complexity index is 923. The average molecular weight is 430 g/mol. The number of aryl methyl sites for hydroxylation is 1. The first-order valence-corrected chi connectivity index (χ1v) is 11.0. The van der Waals surface area contributed by atoms with Crippen LogP contribution in [0, 0.1) is 6.92 Å². The van der Waals surface area contributed by atoms with Gasteiger partial charge in [-0.2, -0.15) is 10.2 Å². The molecule has 0 amide bonds. The number of nitrogens with one attached hydrogen (secondary N) is 1. The van der Waals surface area contributed by atoms with Gasteiger partial charge in [-0.15, -0.1) is 0 Å². The molecule has 8 heteroatoms. The van der Waals surface area contributed by atoms with Crippen LogP contribution in [0.4, 0.5) is 14.5 Å². The van der Waals surface area contributed by atoms with Gasteiger partial charge in [0.1, 0.15) is 5.71 Å². The first-order chi connectivity index (χ1) is 14.6. The number of alkyl halides is 2. The van der Waals surface area contributed by atoms with Gasteiger partial charge in [0.15, 0.2) is 0 Å². The molecule has 2 aliphatic heterocycles. The van der Waals surface area contributed by atoms with Crippen LogP contribution in [0.25, 0.3) is 0 Å². The van der Waals surface area contributed by atoms with Crippen LogP contribution in [0.2, 0.25) is 0 Å². The van der Waals surface area contributed by atoms with Crippen molar-refractivity contribution in [3.8, 4) is 0 Å². The molecule has 1 saturated heterocycles.